The number of nitrogens with one attached hydrogen (secondary N) is 1. The molecule has 0 radical (unpaired) electrons. The van der Waals surface area contributed by atoms with E-state index in [1.54, 1.807) is 17.9 Å². The van der Waals surface area contributed by atoms with Crippen LogP contribution in [0.25, 0.3) is 11.0 Å². The van der Waals surface area contributed by atoms with E-state index in [-0.39, 0.29) is 11.8 Å². The van der Waals surface area contributed by atoms with Gasteiger partial charge in [-0.1, -0.05) is 12.1 Å². The Bertz CT molecular complexity index is 1050. The maximum atomic E-state index is 12.9. The molecule has 4 rings (SSSR count). The predicted molar refractivity (Wildman–Crippen MR) is 99.6 cm³/mol. The highest BCUT2D eigenvalue weighted by Crippen LogP contribution is 2.33. The van der Waals surface area contributed by atoms with Crippen molar-refractivity contribution in [2.75, 3.05) is 13.1 Å². The molecule has 0 bridgehead atoms. The molecule has 154 valence electrons. The number of hydrogen-bond donors (Lipinski definition) is 1. The fourth-order valence-electron chi connectivity index (χ4n) is 3.89. The summed E-state index contributed by atoms with van der Waals surface area (Å²) in [4.78, 5) is 21.6. The van der Waals surface area contributed by atoms with Crippen molar-refractivity contribution in [1.82, 2.24) is 20.0 Å². The third-order valence-electron chi connectivity index (χ3n) is 5.49. The molecule has 1 amide bonds. The fraction of sp³-hybridized carbons (Fsp3) is 0.450. The van der Waals surface area contributed by atoms with E-state index in [0.717, 1.165) is 24.6 Å². The Morgan fingerprint density at radius 3 is 2.69 bits per heavy atom. The van der Waals surface area contributed by atoms with Crippen molar-refractivity contribution in [2.24, 2.45) is 0 Å². The van der Waals surface area contributed by atoms with Crippen molar-refractivity contribution in [1.29, 1.82) is 0 Å². The van der Waals surface area contributed by atoms with Gasteiger partial charge in [0, 0.05) is 24.7 Å². The van der Waals surface area contributed by atoms with Crippen LogP contribution in [-0.2, 0) is 12.6 Å². The van der Waals surface area contributed by atoms with Gasteiger partial charge in [-0.3, -0.25) is 4.79 Å². The average molecular weight is 406 g/mol. The highest BCUT2D eigenvalue weighted by molar-refractivity contribution is 5.96. The van der Waals surface area contributed by atoms with Crippen LogP contribution in [0.3, 0.4) is 0 Å². The molecule has 1 saturated heterocycles. The van der Waals surface area contributed by atoms with Crippen LogP contribution in [0.2, 0.25) is 0 Å². The monoisotopic (exact) mass is 406 g/mol. The molecular weight excluding hydrogens is 385 g/mol. The van der Waals surface area contributed by atoms with Crippen LogP contribution in [0.4, 0.5) is 13.2 Å². The zero-order valence-corrected chi connectivity index (χ0v) is 16.1. The highest BCUT2D eigenvalue weighted by atomic mass is 19.4. The van der Waals surface area contributed by atoms with E-state index in [4.69, 9.17) is 4.52 Å². The Morgan fingerprint density at radius 2 is 2.03 bits per heavy atom. The molecule has 1 aliphatic rings. The molecule has 0 atom stereocenters. The molecule has 9 heteroatoms. The average Bonchev–Trinajstić information content (AvgIpc) is 3.29. The minimum atomic E-state index is -4.46. The largest absolute Gasteiger partial charge is 0.433 e. The topological polar surface area (TPSA) is 75.0 Å². The summed E-state index contributed by atoms with van der Waals surface area (Å²) in [7, 11) is 0. The summed E-state index contributed by atoms with van der Waals surface area (Å²) in [5.41, 5.74) is 2.05. The zero-order chi connectivity index (χ0) is 20.8. The SMILES string of the molecule is CCc1noc(C)c1C(=O)N1CCC(c2cc3nc(C(F)(F)F)ccc3[nH]2)CC1. The van der Waals surface area contributed by atoms with Crippen LogP contribution in [-0.4, -0.2) is 39.0 Å². The zero-order valence-electron chi connectivity index (χ0n) is 16.1. The van der Waals surface area contributed by atoms with Gasteiger partial charge in [-0.25, -0.2) is 4.98 Å². The number of hydrogen-bond acceptors (Lipinski definition) is 4. The number of H-pyrrole nitrogens is 1. The number of aromatic amines is 1. The summed E-state index contributed by atoms with van der Waals surface area (Å²) in [5.74, 6) is 0.583. The molecule has 3 aromatic heterocycles. The second-order valence-corrected chi connectivity index (χ2v) is 7.33. The van der Waals surface area contributed by atoms with Gasteiger partial charge in [-0.05, 0) is 44.4 Å². The predicted octanol–water partition coefficient (Wildman–Crippen LogP) is 4.46. The number of piperidine rings is 1. The number of halogens is 3. The van der Waals surface area contributed by atoms with E-state index in [1.807, 2.05) is 6.92 Å². The van der Waals surface area contributed by atoms with E-state index in [2.05, 4.69) is 15.1 Å². The number of aromatic nitrogens is 3. The van der Waals surface area contributed by atoms with Crippen molar-refractivity contribution in [3.8, 4) is 0 Å². The van der Waals surface area contributed by atoms with Gasteiger partial charge in [0.25, 0.3) is 5.91 Å². The van der Waals surface area contributed by atoms with Crippen molar-refractivity contribution in [3.05, 3.63) is 46.6 Å². The second kappa shape index (κ2) is 7.20. The second-order valence-electron chi connectivity index (χ2n) is 7.33. The molecule has 1 N–H and O–H groups in total. The van der Waals surface area contributed by atoms with Crippen molar-refractivity contribution < 1.29 is 22.5 Å². The van der Waals surface area contributed by atoms with Gasteiger partial charge in [0.05, 0.1) is 16.7 Å². The van der Waals surface area contributed by atoms with Crippen molar-refractivity contribution in [3.63, 3.8) is 0 Å². The third kappa shape index (κ3) is 3.61. The number of carbonyl (C=O) groups is 1. The van der Waals surface area contributed by atoms with Crippen molar-refractivity contribution in [2.45, 2.75) is 45.2 Å². The van der Waals surface area contributed by atoms with Gasteiger partial charge in [-0.15, -0.1) is 0 Å². The molecule has 1 aliphatic heterocycles. The number of alkyl halides is 3. The van der Waals surface area contributed by atoms with E-state index < -0.39 is 11.9 Å². The molecule has 0 unspecified atom stereocenters. The van der Waals surface area contributed by atoms with Gasteiger partial charge in [-0.2, -0.15) is 13.2 Å². The first-order valence-corrected chi connectivity index (χ1v) is 9.59. The van der Waals surface area contributed by atoms with E-state index >= 15 is 0 Å². The Morgan fingerprint density at radius 1 is 1.31 bits per heavy atom. The van der Waals surface area contributed by atoms with E-state index in [0.29, 0.717) is 47.6 Å². The van der Waals surface area contributed by atoms with Crippen LogP contribution >= 0.6 is 0 Å². The summed E-state index contributed by atoms with van der Waals surface area (Å²) in [6.45, 7) is 4.79. The standard InChI is InChI=1S/C20H21F3N4O2/c1-3-13-18(11(2)29-26-13)19(28)27-8-6-12(7-9-27)15-10-16-14(24-15)4-5-17(25-16)20(21,22)23/h4-5,10,12,24H,3,6-9H2,1-2H3. The Hall–Kier alpha value is -2.84. The summed E-state index contributed by atoms with van der Waals surface area (Å²) >= 11 is 0. The minimum Gasteiger partial charge on any atom is -0.361 e. The fourth-order valence-corrected chi connectivity index (χ4v) is 3.89. The first kappa shape index (κ1) is 19.5. The molecule has 3 aromatic rings. The molecule has 29 heavy (non-hydrogen) atoms. The summed E-state index contributed by atoms with van der Waals surface area (Å²) in [6, 6.07) is 4.08. The number of rotatable bonds is 3. The molecule has 1 fully saturated rings. The Labute approximate surface area is 165 Å². The summed E-state index contributed by atoms with van der Waals surface area (Å²) in [5, 5.41) is 3.95. The lowest BCUT2D eigenvalue weighted by Gasteiger charge is -2.31. The number of aryl methyl sites for hydroxylation is 2. The van der Waals surface area contributed by atoms with Gasteiger partial charge in [0.15, 0.2) is 0 Å². The van der Waals surface area contributed by atoms with E-state index in [9.17, 15) is 18.0 Å². The molecule has 0 saturated carbocycles. The van der Waals surface area contributed by atoms with Gasteiger partial charge < -0.3 is 14.4 Å². The number of fused-ring (bicyclic) bond motifs is 1. The quantitative estimate of drug-likeness (QED) is 0.697. The minimum absolute atomic E-state index is 0.0767. The normalized spacial score (nSPS) is 16.0. The molecular formula is C20H21F3N4O2. The van der Waals surface area contributed by atoms with Crippen LogP contribution in [0.5, 0.6) is 0 Å². The molecule has 0 aliphatic carbocycles. The maximum absolute atomic E-state index is 12.9. The number of pyridine rings is 1. The van der Waals surface area contributed by atoms with Crippen molar-refractivity contribution >= 4 is 16.9 Å². The van der Waals surface area contributed by atoms with Crippen LogP contribution in [0.1, 0.15) is 58.9 Å². The lowest BCUT2D eigenvalue weighted by Crippen LogP contribution is -2.38. The first-order valence-electron chi connectivity index (χ1n) is 9.59. The Balaban J connectivity index is 1.48. The lowest BCUT2D eigenvalue weighted by atomic mass is 9.93. The molecule has 6 nitrogen and oxygen atoms in total. The number of carbonyl (C=O) groups excluding carboxylic acids is 1. The van der Waals surface area contributed by atoms with Crippen LogP contribution in [0, 0.1) is 6.92 Å². The smallest absolute Gasteiger partial charge is 0.361 e. The Kier molecular flexibility index (Phi) is 4.84. The van der Waals surface area contributed by atoms with Gasteiger partial charge >= 0.3 is 6.18 Å². The third-order valence-corrected chi connectivity index (χ3v) is 5.49. The summed E-state index contributed by atoms with van der Waals surface area (Å²) < 4.78 is 43.8. The summed E-state index contributed by atoms with van der Waals surface area (Å²) in [6.07, 6.45) is -2.40. The molecule has 0 spiro atoms. The van der Waals surface area contributed by atoms with Crippen LogP contribution < -0.4 is 0 Å². The number of likely N-dealkylation sites (tertiary alicyclic amines) is 1. The number of nitrogens with zero attached hydrogens (tertiary/aromatic N) is 3. The first-order chi connectivity index (χ1) is 13.8. The van der Waals surface area contributed by atoms with Gasteiger partial charge in [0.1, 0.15) is 17.0 Å². The van der Waals surface area contributed by atoms with Gasteiger partial charge in [0.2, 0.25) is 0 Å². The maximum Gasteiger partial charge on any atom is 0.433 e. The highest BCUT2D eigenvalue weighted by Gasteiger charge is 2.33. The number of amides is 1. The van der Waals surface area contributed by atoms with E-state index in [1.165, 1.54) is 6.07 Å². The molecule has 0 aromatic carbocycles. The lowest BCUT2D eigenvalue weighted by molar-refractivity contribution is -0.140. The van der Waals surface area contributed by atoms with Crippen LogP contribution in [0.15, 0.2) is 22.7 Å². The molecule has 4 heterocycles.